The summed E-state index contributed by atoms with van der Waals surface area (Å²) < 4.78 is 38.7. The Balaban J connectivity index is 1.93. The molecule has 1 unspecified atom stereocenters. The molecule has 21 heavy (non-hydrogen) atoms. The van der Waals surface area contributed by atoms with Gasteiger partial charge in [-0.05, 0) is 24.0 Å². The van der Waals surface area contributed by atoms with Crippen LogP contribution < -0.4 is 5.32 Å². The Hall–Kier alpha value is -1.17. The standard InChI is InChI=1S/C15H19F3N2S/c1-10(2)7-12-9-20-14(21-12)19-8-11-5-3-4-6-13(11)15(16,17)18/h3-6,10,12H,7-9H2,1-2H3,(H,19,20). The molecule has 0 radical (unpaired) electrons. The van der Waals surface area contributed by atoms with E-state index in [1.54, 1.807) is 17.8 Å². The Morgan fingerprint density at radius 1 is 1.33 bits per heavy atom. The summed E-state index contributed by atoms with van der Waals surface area (Å²) >= 11 is 1.63. The molecule has 0 fully saturated rings. The minimum Gasteiger partial charge on any atom is -0.361 e. The lowest BCUT2D eigenvalue weighted by molar-refractivity contribution is -0.138. The molecule has 0 saturated carbocycles. The Labute approximate surface area is 127 Å². The lowest BCUT2D eigenvalue weighted by Crippen LogP contribution is -2.21. The van der Waals surface area contributed by atoms with Gasteiger partial charge in [-0.25, -0.2) is 0 Å². The molecule has 2 nitrogen and oxygen atoms in total. The molecule has 0 spiro atoms. The summed E-state index contributed by atoms with van der Waals surface area (Å²) in [5.74, 6) is 0.600. The number of nitrogens with one attached hydrogen (secondary N) is 1. The van der Waals surface area contributed by atoms with Crippen molar-refractivity contribution in [2.45, 2.75) is 38.2 Å². The molecule has 1 aliphatic heterocycles. The van der Waals surface area contributed by atoms with Crippen molar-refractivity contribution in [3.63, 3.8) is 0 Å². The summed E-state index contributed by atoms with van der Waals surface area (Å²) in [6.07, 6.45) is -3.25. The number of hydrogen-bond acceptors (Lipinski definition) is 3. The third-order valence-corrected chi connectivity index (χ3v) is 4.38. The summed E-state index contributed by atoms with van der Waals surface area (Å²) in [6.45, 7) is 5.21. The molecule has 1 aliphatic rings. The molecule has 116 valence electrons. The first-order chi connectivity index (χ1) is 9.86. The molecule has 1 N–H and O–H groups in total. The van der Waals surface area contributed by atoms with Crippen LogP contribution in [0.5, 0.6) is 0 Å². The number of nitrogens with zero attached hydrogens (tertiary/aromatic N) is 1. The van der Waals surface area contributed by atoms with E-state index >= 15 is 0 Å². The minimum absolute atomic E-state index is 0.149. The van der Waals surface area contributed by atoms with Gasteiger partial charge in [-0.2, -0.15) is 13.2 Å². The van der Waals surface area contributed by atoms with Crippen molar-refractivity contribution in [3.05, 3.63) is 35.4 Å². The first-order valence-corrected chi connectivity index (χ1v) is 7.84. The predicted octanol–water partition coefficient (Wildman–Crippen LogP) is 4.31. The third kappa shape index (κ3) is 4.66. The Kier molecular flexibility index (Phi) is 5.19. The van der Waals surface area contributed by atoms with Crippen molar-refractivity contribution >= 4 is 16.9 Å². The molecule has 0 aromatic heterocycles. The molecule has 1 aromatic carbocycles. The average molecular weight is 316 g/mol. The fourth-order valence-corrected chi connectivity index (χ4v) is 3.54. The summed E-state index contributed by atoms with van der Waals surface area (Å²) in [5, 5.41) is 4.21. The van der Waals surface area contributed by atoms with E-state index < -0.39 is 11.7 Å². The van der Waals surface area contributed by atoms with Gasteiger partial charge >= 0.3 is 6.18 Å². The maximum Gasteiger partial charge on any atom is 0.416 e. The van der Waals surface area contributed by atoms with Crippen molar-refractivity contribution in [2.75, 3.05) is 6.54 Å². The molecule has 1 atom stereocenters. The lowest BCUT2D eigenvalue weighted by Gasteiger charge is -2.14. The van der Waals surface area contributed by atoms with Crippen molar-refractivity contribution in [1.82, 2.24) is 5.32 Å². The van der Waals surface area contributed by atoms with Crippen LogP contribution in [0.1, 0.15) is 31.4 Å². The van der Waals surface area contributed by atoms with Crippen LogP contribution >= 0.6 is 11.8 Å². The number of halogens is 3. The van der Waals surface area contributed by atoms with Crippen LogP contribution in [0.4, 0.5) is 13.2 Å². The molecule has 1 heterocycles. The van der Waals surface area contributed by atoms with Crippen LogP contribution in [0.2, 0.25) is 0 Å². The molecular formula is C15H19F3N2S. The molecule has 1 aromatic rings. The molecule has 0 amide bonds. The maximum absolute atomic E-state index is 12.9. The maximum atomic E-state index is 12.9. The number of alkyl halides is 3. The highest BCUT2D eigenvalue weighted by molar-refractivity contribution is 8.14. The Bertz CT molecular complexity index is 512. The van der Waals surface area contributed by atoms with Gasteiger partial charge in [0.15, 0.2) is 5.17 Å². The van der Waals surface area contributed by atoms with Gasteiger partial charge in [-0.15, -0.1) is 0 Å². The summed E-state index contributed by atoms with van der Waals surface area (Å²) in [4.78, 5) is 4.36. The minimum atomic E-state index is -4.32. The molecule has 0 saturated heterocycles. The van der Waals surface area contributed by atoms with Crippen molar-refractivity contribution < 1.29 is 13.2 Å². The smallest absolute Gasteiger partial charge is 0.361 e. The fourth-order valence-electron chi connectivity index (χ4n) is 2.28. The van der Waals surface area contributed by atoms with E-state index in [9.17, 15) is 13.2 Å². The van der Waals surface area contributed by atoms with Crippen LogP contribution in [-0.4, -0.2) is 17.0 Å². The van der Waals surface area contributed by atoms with Crippen LogP contribution in [0.3, 0.4) is 0 Å². The van der Waals surface area contributed by atoms with Gasteiger partial charge < -0.3 is 5.32 Å². The number of hydrogen-bond donors (Lipinski definition) is 1. The first kappa shape index (κ1) is 16.2. The van der Waals surface area contributed by atoms with Gasteiger partial charge in [0.1, 0.15) is 0 Å². The van der Waals surface area contributed by atoms with Gasteiger partial charge in [0.2, 0.25) is 0 Å². The van der Waals surface area contributed by atoms with Gasteiger partial charge in [0.25, 0.3) is 0 Å². The van der Waals surface area contributed by atoms with E-state index in [4.69, 9.17) is 0 Å². The SMILES string of the molecule is CC(C)CC1CN=C(NCc2ccccc2C(F)(F)F)S1. The Morgan fingerprint density at radius 2 is 2.05 bits per heavy atom. The highest BCUT2D eigenvalue weighted by atomic mass is 32.2. The number of rotatable bonds is 4. The van der Waals surface area contributed by atoms with Crippen molar-refractivity contribution in [3.8, 4) is 0 Å². The fraction of sp³-hybridized carbons (Fsp3) is 0.533. The summed E-state index contributed by atoms with van der Waals surface area (Å²) in [7, 11) is 0. The van der Waals surface area contributed by atoms with Gasteiger partial charge in [-0.1, -0.05) is 43.8 Å². The molecular weight excluding hydrogens is 297 g/mol. The van der Waals surface area contributed by atoms with Crippen LogP contribution in [0.15, 0.2) is 29.3 Å². The summed E-state index contributed by atoms with van der Waals surface area (Å²) in [5.41, 5.74) is -0.333. The quantitative estimate of drug-likeness (QED) is 0.895. The van der Waals surface area contributed by atoms with E-state index in [0.717, 1.165) is 24.2 Å². The van der Waals surface area contributed by atoms with E-state index in [-0.39, 0.29) is 12.1 Å². The monoisotopic (exact) mass is 316 g/mol. The molecule has 6 heteroatoms. The van der Waals surface area contributed by atoms with Crippen molar-refractivity contribution in [1.29, 1.82) is 0 Å². The number of amidine groups is 1. The normalized spacial score (nSPS) is 19.0. The molecule has 0 aliphatic carbocycles. The highest BCUT2D eigenvalue weighted by Gasteiger charge is 2.32. The highest BCUT2D eigenvalue weighted by Crippen LogP contribution is 2.32. The predicted molar refractivity (Wildman–Crippen MR) is 81.4 cm³/mol. The molecule has 2 rings (SSSR count). The zero-order chi connectivity index (χ0) is 15.5. The van der Waals surface area contributed by atoms with E-state index in [1.165, 1.54) is 12.1 Å². The second-order valence-corrected chi connectivity index (χ2v) is 6.81. The zero-order valence-electron chi connectivity index (χ0n) is 12.1. The second-order valence-electron chi connectivity index (χ2n) is 5.52. The number of thioether (sulfide) groups is 1. The average Bonchev–Trinajstić information content (AvgIpc) is 2.82. The summed E-state index contributed by atoms with van der Waals surface area (Å²) in [6, 6.07) is 5.65. The second kappa shape index (κ2) is 6.73. The van der Waals surface area contributed by atoms with Crippen LogP contribution in [0.25, 0.3) is 0 Å². The topological polar surface area (TPSA) is 24.4 Å². The van der Waals surface area contributed by atoms with Gasteiger partial charge in [0.05, 0.1) is 12.1 Å². The van der Waals surface area contributed by atoms with Crippen molar-refractivity contribution in [2.24, 2.45) is 10.9 Å². The van der Waals surface area contributed by atoms with Gasteiger partial charge in [0, 0.05) is 11.8 Å². The zero-order valence-corrected chi connectivity index (χ0v) is 12.9. The van der Waals surface area contributed by atoms with E-state index in [0.29, 0.717) is 11.2 Å². The Morgan fingerprint density at radius 3 is 2.71 bits per heavy atom. The largest absolute Gasteiger partial charge is 0.416 e. The van der Waals surface area contributed by atoms with Crippen LogP contribution in [-0.2, 0) is 12.7 Å². The van der Waals surface area contributed by atoms with E-state index in [1.807, 2.05) is 0 Å². The number of benzene rings is 1. The molecule has 0 bridgehead atoms. The first-order valence-electron chi connectivity index (χ1n) is 6.96. The third-order valence-electron chi connectivity index (χ3n) is 3.20. The van der Waals surface area contributed by atoms with Crippen LogP contribution in [0, 0.1) is 5.92 Å². The van der Waals surface area contributed by atoms with E-state index in [2.05, 4.69) is 24.2 Å². The lowest BCUT2D eigenvalue weighted by atomic mass is 10.1. The number of aliphatic imine (C=N–C) groups is 1. The van der Waals surface area contributed by atoms with Gasteiger partial charge in [-0.3, -0.25) is 4.99 Å².